The summed E-state index contributed by atoms with van der Waals surface area (Å²) >= 11 is 19.5. The van der Waals surface area contributed by atoms with Crippen molar-refractivity contribution >= 4 is 81.7 Å². The van der Waals surface area contributed by atoms with E-state index >= 15 is 0 Å². The number of amides is 3. The molecule has 41 heavy (non-hydrogen) atoms. The van der Waals surface area contributed by atoms with Crippen LogP contribution in [-0.4, -0.2) is 23.0 Å². The molecule has 4 rings (SSSR count). The van der Waals surface area contributed by atoms with Gasteiger partial charge >= 0.3 is 0 Å². The highest BCUT2D eigenvalue weighted by Gasteiger charge is 2.18. The van der Waals surface area contributed by atoms with Gasteiger partial charge in [0, 0.05) is 21.2 Å². The molecular weight excluding hydrogens is 601 g/mol. The Morgan fingerprint density at radius 1 is 0.805 bits per heavy atom. The molecule has 0 spiro atoms. The van der Waals surface area contributed by atoms with Gasteiger partial charge < -0.3 is 16.0 Å². The highest BCUT2D eigenvalue weighted by molar-refractivity contribution is 8.00. The van der Waals surface area contributed by atoms with Gasteiger partial charge in [-0.2, -0.15) is 0 Å². The second-order valence-corrected chi connectivity index (χ2v) is 11.4. The van der Waals surface area contributed by atoms with Crippen LogP contribution in [0, 0.1) is 0 Å². The fourth-order valence-corrected chi connectivity index (χ4v) is 5.01. The number of anilines is 2. The van der Waals surface area contributed by atoms with Gasteiger partial charge in [-0.3, -0.25) is 14.4 Å². The van der Waals surface area contributed by atoms with E-state index < -0.39 is 17.1 Å². The minimum atomic E-state index is -0.521. The SMILES string of the molecule is CC(Sc1cccc(NC(=O)/C(=C\c2ccc(Cl)cc2)NC(=O)c2ccccc2)c1)C(=O)Nc1cccc(Cl)c1Cl. The van der Waals surface area contributed by atoms with Crippen molar-refractivity contribution in [3.05, 3.63) is 129 Å². The summed E-state index contributed by atoms with van der Waals surface area (Å²) < 4.78 is 0. The van der Waals surface area contributed by atoms with Crippen LogP contribution in [0.1, 0.15) is 22.8 Å². The van der Waals surface area contributed by atoms with E-state index in [1.807, 2.05) is 6.07 Å². The van der Waals surface area contributed by atoms with E-state index in [2.05, 4.69) is 16.0 Å². The first kappa shape index (κ1) is 30.2. The molecule has 1 atom stereocenters. The summed E-state index contributed by atoms with van der Waals surface area (Å²) in [5, 5.41) is 9.01. The fourth-order valence-electron chi connectivity index (χ4n) is 3.61. The summed E-state index contributed by atoms with van der Waals surface area (Å²) in [6.07, 6.45) is 1.57. The standard InChI is InChI=1S/C31H24Cl3N3O3S/c1-19(29(38)36-26-12-6-11-25(33)28(26)34)41-24-10-5-9-23(18-24)35-31(40)27(17-20-13-15-22(32)16-14-20)37-30(39)21-7-3-2-4-8-21/h2-19H,1H3,(H,35,40)(H,36,38)(H,37,39)/b27-17+. The molecule has 0 aliphatic rings. The topological polar surface area (TPSA) is 87.3 Å². The lowest BCUT2D eigenvalue weighted by Crippen LogP contribution is -2.30. The summed E-state index contributed by atoms with van der Waals surface area (Å²) in [6, 6.07) is 27.5. The number of nitrogens with one attached hydrogen (secondary N) is 3. The first-order valence-electron chi connectivity index (χ1n) is 12.4. The highest BCUT2D eigenvalue weighted by Crippen LogP contribution is 2.31. The summed E-state index contributed by atoms with van der Waals surface area (Å²) in [5.41, 5.74) is 2.05. The zero-order chi connectivity index (χ0) is 29.4. The Morgan fingerprint density at radius 3 is 2.24 bits per heavy atom. The second kappa shape index (κ2) is 14.2. The van der Waals surface area contributed by atoms with Crippen LogP contribution >= 0.6 is 46.6 Å². The van der Waals surface area contributed by atoms with Gasteiger partial charge in [0.05, 0.1) is 21.0 Å². The molecule has 0 aliphatic heterocycles. The maximum absolute atomic E-state index is 13.3. The number of thioether (sulfide) groups is 1. The Balaban J connectivity index is 1.48. The smallest absolute Gasteiger partial charge is 0.272 e. The van der Waals surface area contributed by atoms with Crippen LogP contribution in [0.15, 0.2) is 108 Å². The number of halogens is 3. The molecule has 0 aliphatic carbocycles. The average Bonchev–Trinajstić information content (AvgIpc) is 2.96. The zero-order valence-electron chi connectivity index (χ0n) is 21.7. The largest absolute Gasteiger partial charge is 0.324 e. The molecule has 208 valence electrons. The normalized spacial score (nSPS) is 11.9. The summed E-state index contributed by atoms with van der Waals surface area (Å²) in [4.78, 5) is 39.7. The van der Waals surface area contributed by atoms with E-state index in [4.69, 9.17) is 34.8 Å². The molecule has 4 aromatic carbocycles. The minimum Gasteiger partial charge on any atom is -0.324 e. The quantitative estimate of drug-likeness (QED) is 0.129. The fraction of sp³-hybridized carbons (Fsp3) is 0.0645. The summed E-state index contributed by atoms with van der Waals surface area (Å²) in [5.74, 6) is -1.21. The molecule has 3 N–H and O–H groups in total. The van der Waals surface area contributed by atoms with Crippen molar-refractivity contribution in [3.63, 3.8) is 0 Å². The predicted octanol–water partition coefficient (Wildman–Crippen LogP) is 8.18. The van der Waals surface area contributed by atoms with Crippen LogP contribution in [-0.2, 0) is 9.59 Å². The van der Waals surface area contributed by atoms with E-state index in [9.17, 15) is 14.4 Å². The number of carbonyl (C=O) groups excluding carboxylic acids is 3. The van der Waals surface area contributed by atoms with Gasteiger partial charge in [0.25, 0.3) is 11.8 Å². The van der Waals surface area contributed by atoms with Crippen molar-refractivity contribution in [3.8, 4) is 0 Å². The lowest BCUT2D eigenvalue weighted by Gasteiger charge is -2.15. The van der Waals surface area contributed by atoms with Crippen molar-refractivity contribution in [1.82, 2.24) is 5.32 Å². The molecule has 4 aromatic rings. The summed E-state index contributed by atoms with van der Waals surface area (Å²) in [6.45, 7) is 1.76. The van der Waals surface area contributed by atoms with Gasteiger partial charge in [-0.05, 0) is 73.2 Å². The van der Waals surface area contributed by atoms with Crippen LogP contribution < -0.4 is 16.0 Å². The summed E-state index contributed by atoms with van der Waals surface area (Å²) in [7, 11) is 0. The van der Waals surface area contributed by atoms with Crippen molar-refractivity contribution in [2.24, 2.45) is 0 Å². The molecule has 0 saturated heterocycles. The maximum Gasteiger partial charge on any atom is 0.272 e. The van der Waals surface area contributed by atoms with E-state index in [-0.39, 0.29) is 16.6 Å². The average molecular weight is 625 g/mol. The van der Waals surface area contributed by atoms with Gasteiger partial charge in [0.1, 0.15) is 5.70 Å². The molecule has 0 aromatic heterocycles. The molecule has 10 heteroatoms. The number of rotatable bonds is 9. The first-order chi connectivity index (χ1) is 19.7. The maximum atomic E-state index is 13.3. The third-order valence-corrected chi connectivity index (χ3v) is 7.86. The molecule has 3 amide bonds. The second-order valence-electron chi connectivity index (χ2n) is 8.76. The third kappa shape index (κ3) is 8.62. The van der Waals surface area contributed by atoms with Gasteiger partial charge in [0.2, 0.25) is 5.91 Å². The van der Waals surface area contributed by atoms with Crippen molar-refractivity contribution in [2.75, 3.05) is 10.6 Å². The third-order valence-electron chi connectivity index (χ3n) is 5.69. The molecule has 0 fully saturated rings. The Labute approximate surface area is 257 Å². The lowest BCUT2D eigenvalue weighted by molar-refractivity contribution is -0.115. The van der Waals surface area contributed by atoms with E-state index in [0.29, 0.717) is 32.5 Å². The van der Waals surface area contributed by atoms with Gasteiger partial charge in [-0.25, -0.2) is 0 Å². The molecule has 0 heterocycles. The minimum absolute atomic E-state index is 0.0466. The Morgan fingerprint density at radius 2 is 1.51 bits per heavy atom. The number of hydrogen-bond acceptors (Lipinski definition) is 4. The monoisotopic (exact) mass is 623 g/mol. The Bertz CT molecular complexity index is 1600. The van der Waals surface area contributed by atoms with Gasteiger partial charge in [-0.1, -0.05) is 77.3 Å². The number of carbonyl (C=O) groups is 3. The van der Waals surface area contributed by atoms with Crippen LogP contribution in [0.4, 0.5) is 11.4 Å². The first-order valence-corrected chi connectivity index (χ1v) is 14.4. The number of benzene rings is 4. The van der Waals surface area contributed by atoms with Crippen LogP contribution in [0.3, 0.4) is 0 Å². The van der Waals surface area contributed by atoms with Crippen LogP contribution in [0.2, 0.25) is 15.1 Å². The van der Waals surface area contributed by atoms with Gasteiger partial charge in [0.15, 0.2) is 0 Å². The molecule has 0 saturated carbocycles. The van der Waals surface area contributed by atoms with Crippen LogP contribution in [0.25, 0.3) is 6.08 Å². The molecule has 6 nitrogen and oxygen atoms in total. The molecule has 0 radical (unpaired) electrons. The Hall–Kier alpha value is -3.75. The van der Waals surface area contributed by atoms with E-state index in [1.54, 1.807) is 104 Å². The van der Waals surface area contributed by atoms with Crippen molar-refractivity contribution in [1.29, 1.82) is 0 Å². The van der Waals surface area contributed by atoms with E-state index in [0.717, 1.165) is 4.90 Å². The number of hydrogen-bond donors (Lipinski definition) is 3. The Kier molecular flexibility index (Phi) is 10.5. The molecule has 0 bridgehead atoms. The van der Waals surface area contributed by atoms with E-state index in [1.165, 1.54) is 11.8 Å². The lowest BCUT2D eigenvalue weighted by atomic mass is 10.1. The predicted molar refractivity (Wildman–Crippen MR) is 169 cm³/mol. The zero-order valence-corrected chi connectivity index (χ0v) is 24.7. The highest BCUT2D eigenvalue weighted by atomic mass is 35.5. The van der Waals surface area contributed by atoms with Gasteiger partial charge in [-0.15, -0.1) is 11.8 Å². The van der Waals surface area contributed by atoms with Crippen LogP contribution in [0.5, 0.6) is 0 Å². The molecule has 1 unspecified atom stereocenters. The molecular formula is C31H24Cl3N3O3S. The van der Waals surface area contributed by atoms with Crippen molar-refractivity contribution in [2.45, 2.75) is 17.1 Å². The van der Waals surface area contributed by atoms with Crippen molar-refractivity contribution < 1.29 is 14.4 Å².